The molecule has 1 aliphatic heterocycles. The Labute approximate surface area is 125 Å². The quantitative estimate of drug-likeness (QED) is 0.831. The average molecular weight is 304 g/mol. The number of nitrogens with zero attached hydrogens (tertiary/aromatic N) is 2. The fourth-order valence-corrected chi connectivity index (χ4v) is 2.86. The first-order valence-electron chi connectivity index (χ1n) is 5.95. The second kappa shape index (κ2) is 5.64. The van der Waals surface area contributed by atoms with Gasteiger partial charge in [0.15, 0.2) is 5.37 Å². The third kappa shape index (κ3) is 2.84. The molecule has 0 bridgehead atoms. The van der Waals surface area contributed by atoms with Gasteiger partial charge in [-0.25, -0.2) is 0 Å². The number of thioether (sulfide) groups is 1. The molecule has 2 aromatic rings. The number of azo groups is 1. The fourth-order valence-electron chi connectivity index (χ4n) is 1.77. The van der Waals surface area contributed by atoms with Crippen LogP contribution in [-0.2, 0) is 4.79 Å². The Bertz CT molecular complexity index is 690. The molecule has 1 aliphatic rings. The summed E-state index contributed by atoms with van der Waals surface area (Å²) in [6.07, 6.45) is 0. The van der Waals surface area contributed by atoms with E-state index in [0.717, 1.165) is 10.6 Å². The van der Waals surface area contributed by atoms with E-state index in [2.05, 4.69) is 15.5 Å². The van der Waals surface area contributed by atoms with Gasteiger partial charge in [-0.2, -0.15) is 10.2 Å². The normalized spacial score (nSPS) is 17.9. The summed E-state index contributed by atoms with van der Waals surface area (Å²) in [7, 11) is 0. The summed E-state index contributed by atoms with van der Waals surface area (Å²) < 4.78 is 0. The first-order chi connectivity index (χ1) is 9.72. The van der Waals surface area contributed by atoms with Crippen LogP contribution in [0.15, 0.2) is 63.7 Å². The lowest BCUT2D eigenvalue weighted by Gasteiger charge is -2.20. The van der Waals surface area contributed by atoms with Gasteiger partial charge in [-0.3, -0.25) is 4.79 Å². The van der Waals surface area contributed by atoms with E-state index in [9.17, 15) is 4.79 Å². The molecular weight excluding hydrogens is 294 g/mol. The molecule has 6 heteroatoms. The minimum Gasteiger partial charge on any atom is -0.322 e. The highest BCUT2D eigenvalue weighted by atomic mass is 35.5. The van der Waals surface area contributed by atoms with Gasteiger partial charge in [0.25, 0.3) is 5.91 Å². The number of nitrogens with one attached hydrogen (secondary N) is 1. The number of hydrogen-bond donors (Lipinski definition) is 1. The summed E-state index contributed by atoms with van der Waals surface area (Å²) >= 11 is 7.26. The highest BCUT2D eigenvalue weighted by molar-refractivity contribution is 8.01. The van der Waals surface area contributed by atoms with Crippen molar-refractivity contribution in [3.05, 3.63) is 53.6 Å². The zero-order chi connectivity index (χ0) is 13.9. The summed E-state index contributed by atoms with van der Waals surface area (Å²) in [6, 6.07) is 14.7. The Balaban J connectivity index is 1.80. The maximum Gasteiger partial charge on any atom is 0.261 e. The third-order valence-corrected chi connectivity index (χ3v) is 4.07. The van der Waals surface area contributed by atoms with Gasteiger partial charge in [-0.1, -0.05) is 41.6 Å². The van der Waals surface area contributed by atoms with E-state index in [1.807, 2.05) is 24.3 Å². The van der Waals surface area contributed by atoms with Crippen LogP contribution in [0.4, 0.5) is 11.4 Å². The molecule has 1 N–H and O–H groups in total. The van der Waals surface area contributed by atoms with E-state index in [-0.39, 0.29) is 5.91 Å². The molecule has 1 atom stereocenters. The number of hydrogen-bond acceptors (Lipinski definition) is 4. The maximum atomic E-state index is 11.9. The van der Waals surface area contributed by atoms with Crippen LogP contribution < -0.4 is 5.32 Å². The van der Waals surface area contributed by atoms with Gasteiger partial charge in [0.05, 0.1) is 11.4 Å². The van der Waals surface area contributed by atoms with Gasteiger partial charge in [-0.05, 0) is 30.3 Å². The smallest absolute Gasteiger partial charge is 0.261 e. The zero-order valence-corrected chi connectivity index (χ0v) is 11.9. The van der Waals surface area contributed by atoms with Crippen molar-refractivity contribution in [3.8, 4) is 0 Å². The number of anilines is 1. The minimum atomic E-state index is -0.580. The number of halogens is 1. The molecule has 0 radical (unpaired) electrons. The molecule has 0 saturated heterocycles. The number of carbonyl (C=O) groups excluding carboxylic acids is 1. The van der Waals surface area contributed by atoms with Crippen LogP contribution in [0.5, 0.6) is 0 Å². The lowest BCUT2D eigenvalue weighted by molar-refractivity contribution is -0.115. The fraction of sp³-hybridized carbons (Fsp3) is 0.0714. The van der Waals surface area contributed by atoms with Crippen molar-refractivity contribution >= 4 is 40.6 Å². The molecule has 0 aromatic heterocycles. The molecule has 3 rings (SSSR count). The van der Waals surface area contributed by atoms with Crippen molar-refractivity contribution < 1.29 is 4.79 Å². The highest BCUT2D eigenvalue weighted by Crippen LogP contribution is 2.36. The summed E-state index contributed by atoms with van der Waals surface area (Å²) in [5.41, 5.74) is 1.45. The van der Waals surface area contributed by atoms with Gasteiger partial charge < -0.3 is 5.32 Å². The summed E-state index contributed by atoms with van der Waals surface area (Å²) in [5.74, 6) is -0.167. The van der Waals surface area contributed by atoms with Crippen molar-refractivity contribution in [1.29, 1.82) is 0 Å². The molecule has 0 spiro atoms. The molecule has 1 unspecified atom stereocenters. The predicted molar refractivity (Wildman–Crippen MR) is 80.7 cm³/mol. The maximum absolute atomic E-state index is 11.9. The van der Waals surface area contributed by atoms with Gasteiger partial charge in [-0.15, -0.1) is 0 Å². The van der Waals surface area contributed by atoms with E-state index >= 15 is 0 Å². The molecule has 1 amide bonds. The molecule has 100 valence electrons. The Hall–Kier alpha value is -1.85. The molecule has 0 saturated carbocycles. The Kier molecular flexibility index (Phi) is 3.71. The monoisotopic (exact) mass is 303 g/mol. The Morgan fingerprint density at radius 2 is 2.00 bits per heavy atom. The van der Waals surface area contributed by atoms with Crippen LogP contribution in [-0.4, -0.2) is 11.3 Å². The Morgan fingerprint density at radius 3 is 2.85 bits per heavy atom. The number of carbonyl (C=O) groups is 1. The summed E-state index contributed by atoms with van der Waals surface area (Å²) in [6.45, 7) is 0. The highest BCUT2D eigenvalue weighted by Gasteiger charge is 2.26. The van der Waals surface area contributed by atoms with Crippen LogP contribution >= 0.6 is 23.4 Å². The predicted octanol–water partition coefficient (Wildman–Crippen LogP) is 4.49. The molecule has 0 fully saturated rings. The van der Waals surface area contributed by atoms with Crippen molar-refractivity contribution in [2.45, 2.75) is 10.3 Å². The molecule has 4 nitrogen and oxygen atoms in total. The number of amides is 1. The molecular formula is C14H10ClN3OS. The van der Waals surface area contributed by atoms with Crippen molar-refractivity contribution in [3.63, 3.8) is 0 Å². The largest absolute Gasteiger partial charge is 0.322 e. The van der Waals surface area contributed by atoms with E-state index in [4.69, 9.17) is 11.6 Å². The van der Waals surface area contributed by atoms with Gasteiger partial charge in [0, 0.05) is 9.92 Å². The SMILES string of the molecule is O=C1Nc2ccccc2SC1N=Nc1cccc(Cl)c1. The van der Waals surface area contributed by atoms with E-state index in [1.165, 1.54) is 11.8 Å². The van der Waals surface area contributed by atoms with E-state index in [0.29, 0.717) is 10.7 Å². The molecule has 0 aliphatic carbocycles. The standard InChI is InChI=1S/C14H10ClN3OS/c15-9-4-3-5-10(8-9)17-18-14-13(19)16-11-6-1-2-7-12(11)20-14/h1-8,14H,(H,16,19). The number of fused-ring (bicyclic) bond motifs is 1. The van der Waals surface area contributed by atoms with Crippen LogP contribution in [0.2, 0.25) is 5.02 Å². The molecule has 1 heterocycles. The second-order valence-electron chi connectivity index (χ2n) is 4.15. The lowest BCUT2D eigenvalue weighted by atomic mass is 10.3. The molecule has 20 heavy (non-hydrogen) atoms. The van der Waals surface area contributed by atoms with Crippen LogP contribution in [0.1, 0.15) is 0 Å². The minimum absolute atomic E-state index is 0.167. The van der Waals surface area contributed by atoms with E-state index in [1.54, 1.807) is 24.3 Å². The first-order valence-corrected chi connectivity index (χ1v) is 7.21. The zero-order valence-electron chi connectivity index (χ0n) is 10.3. The second-order valence-corrected chi connectivity index (χ2v) is 5.71. The number of benzene rings is 2. The number of para-hydroxylation sites is 1. The van der Waals surface area contributed by atoms with Crippen molar-refractivity contribution in [2.24, 2.45) is 10.2 Å². The Morgan fingerprint density at radius 1 is 1.15 bits per heavy atom. The summed E-state index contributed by atoms with van der Waals surface area (Å²) in [5, 5.41) is 11.0. The van der Waals surface area contributed by atoms with Crippen LogP contribution in [0.25, 0.3) is 0 Å². The molecule has 2 aromatic carbocycles. The van der Waals surface area contributed by atoms with Crippen LogP contribution in [0, 0.1) is 0 Å². The number of rotatable bonds is 2. The van der Waals surface area contributed by atoms with E-state index < -0.39 is 5.37 Å². The average Bonchev–Trinajstić information content (AvgIpc) is 2.45. The lowest BCUT2D eigenvalue weighted by Crippen LogP contribution is -2.27. The van der Waals surface area contributed by atoms with Gasteiger partial charge >= 0.3 is 0 Å². The van der Waals surface area contributed by atoms with Crippen molar-refractivity contribution in [1.82, 2.24) is 0 Å². The summed E-state index contributed by atoms with van der Waals surface area (Å²) in [4.78, 5) is 12.9. The van der Waals surface area contributed by atoms with Gasteiger partial charge in [0.1, 0.15) is 0 Å². The third-order valence-electron chi connectivity index (χ3n) is 2.69. The topological polar surface area (TPSA) is 53.8 Å². The first kappa shape index (κ1) is 13.1. The van der Waals surface area contributed by atoms with Crippen molar-refractivity contribution in [2.75, 3.05) is 5.32 Å². The van der Waals surface area contributed by atoms with Gasteiger partial charge in [0.2, 0.25) is 0 Å². The van der Waals surface area contributed by atoms with Crippen LogP contribution in [0.3, 0.4) is 0 Å².